The molecular formula is C7H13N3O. The largest absolute Gasteiger partial charge is 0.355 e. The van der Waals surface area contributed by atoms with Gasteiger partial charge in [-0.3, -0.25) is 4.79 Å². The fourth-order valence-electron chi connectivity index (χ4n) is 0.540. The number of hydrogen-bond donors (Lipinski definition) is 2. The van der Waals surface area contributed by atoms with Gasteiger partial charge in [0.1, 0.15) is 0 Å². The molecule has 3 N–H and O–H groups in total. The summed E-state index contributed by atoms with van der Waals surface area (Å²) in [5.41, 5.74) is 5.27. The summed E-state index contributed by atoms with van der Waals surface area (Å²) in [7, 11) is 0. The Balaban J connectivity index is 3.26. The van der Waals surface area contributed by atoms with Gasteiger partial charge in [0.15, 0.2) is 0 Å². The minimum absolute atomic E-state index is 0.164. The van der Waals surface area contributed by atoms with Gasteiger partial charge in [-0.25, -0.2) is 0 Å². The number of nitrogens with one attached hydrogen (secondary N) is 1. The first kappa shape index (κ1) is 9.92. The van der Waals surface area contributed by atoms with E-state index in [0.717, 1.165) is 0 Å². The van der Waals surface area contributed by atoms with Crippen molar-refractivity contribution in [2.45, 2.75) is 25.8 Å². The summed E-state index contributed by atoms with van der Waals surface area (Å²) in [4.78, 5) is 10.8. The van der Waals surface area contributed by atoms with Crippen molar-refractivity contribution in [3.63, 3.8) is 0 Å². The molecule has 0 saturated heterocycles. The number of hydrogen-bond acceptors (Lipinski definition) is 3. The molecule has 0 radical (unpaired) electrons. The van der Waals surface area contributed by atoms with Gasteiger partial charge >= 0.3 is 0 Å². The van der Waals surface area contributed by atoms with Gasteiger partial charge in [0.2, 0.25) is 5.91 Å². The van der Waals surface area contributed by atoms with Crippen LogP contribution in [0.1, 0.15) is 19.8 Å². The fourth-order valence-corrected chi connectivity index (χ4v) is 0.540. The van der Waals surface area contributed by atoms with Gasteiger partial charge in [0.25, 0.3) is 0 Å². The monoisotopic (exact) mass is 155 g/mol. The summed E-state index contributed by atoms with van der Waals surface area (Å²) >= 11 is 0. The fraction of sp³-hybridized carbons (Fsp3) is 0.714. The van der Waals surface area contributed by atoms with Crippen LogP contribution in [-0.4, -0.2) is 18.5 Å². The average molecular weight is 155 g/mol. The van der Waals surface area contributed by atoms with Crippen molar-refractivity contribution < 1.29 is 4.79 Å². The number of amides is 1. The Labute approximate surface area is 66.4 Å². The standard InChI is InChI=1S/C7H13N3O/c1-6(9)7(11)10-5-3-2-4-8/h6H,2-3,5,9H2,1H3,(H,10,11)/t6-/m1/s1. The van der Waals surface area contributed by atoms with E-state index in [1.54, 1.807) is 6.92 Å². The summed E-state index contributed by atoms with van der Waals surface area (Å²) in [5.74, 6) is -0.164. The average Bonchev–Trinajstić information content (AvgIpc) is 1.97. The Bertz CT molecular complexity index is 160. The molecule has 1 amide bonds. The number of nitrogens with two attached hydrogens (primary N) is 1. The number of unbranched alkanes of at least 4 members (excludes halogenated alkanes) is 1. The Morgan fingerprint density at radius 1 is 1.82 bits per heavy atom. The third kappa shape index (κ3) is 5.37. The summed E-state index contributed by atoms with van der Waals surface area (Å²) in [6.45, 7) is 2.16. The zero-order valence-corrected chi connectivity index (χ0v) is 6.63. The second kappa shape index (κ2) is 5.69. The van der Waals surface area contributed by atoms with Crippen molar-refractivity contribution in [2.24, 2.45) is 5.73 Å². The molecule has 62 valence electrons. The van der Waals surface area contributed by atoms with Crippen LogP contribution >= 0.6 is 0 Å². The molecule has 0 fully saturated rings. The molecule has 0 aromatic heterocycles. The van der Waals surface area contributed by atoms with Crippen LogP contribution in [0.3, 0.4) is 0 Å². The van der Waals surface area contributed by atoms with Gasteiger partial charge in [-0.15, -0.1) is 0 Å². The van der Waals surface area contributed by atoms with E-state index < -0.39 is 6.04 Å². The highest BCUT2D eigenvalue weighted by molar-refractivity contribution is 5.80. The van der Waals surface area contributed by atoms with E-state index >= 15 is 0 Å². The Morgan fingerprint density at radius 3 is 2.91 bits per heavy atom. The lowest BCUT2D eigenvalue weighted by atomic mass is 10.3. The van der Waals surface area contributed by atoms with Crippen molar-refractivity contribution in [3.05, 3.63) is 0 Å². The predicted molar refractivity (Wildman–Crippen MR) is 41.5 cm³/mol. The summed E-state index contributed by atoms with van der Waals surface area (Å²) in [5, 5.41) is 10.8. The number of carbonyl (C=O) groups is 1. The van der Waals surface area contributed by atoms with E-state index in [9.17, 15) is 4.79 Å². The van der Waals surface area contributed by atoms with Crippen molar-refractivity contribution in [1.82, 2.24) is 5.32 Å². The smallest absolute Gasteiger partial charge is 0.236 e. The lowest BCUT2D eigenvalue weighted by Gasteiger charge is -2.05. The summed E-state index contributed by atoms with van der Waals surface area (Å²) in [6, 6.07) is 1.53. The molecule has 1 atom stereocenters. The molecule has 0 heterocycles. The second-order valence-corrected chi connectivity index (χ2v) is 2.34. The highest BCUT2D eigenvalue weighted by Gasteiger charge is 2.04. The maximum atomic E-state index is 10.8. The first-order valence-corrected chi connectivity index (χ1v) is 3.58. The molecule has 0 unspecified atom stereocenters. The molecule has 4 nitrogen and oxygen atoms in total. The molecule has 0 bridgehead atoms. The molecule has 0 aliphatic carbocycles. The molecule has 0 saturated carbocycles. The van der Waals surface area contributed by atoms with E-state index in [1.165, 1.54) is 0 Å². The Hall–Kier alpha value is -1.08. The molecule has 0 spiro atoms. The first-order valence-electron chi connectivity index (χ1n) is 3.58. The predicted octanol–water partition coefficient (Wildman–Crippen LogP) is -0.246. The van der Waals surface area contributed by atoms with Crippen LogP contribution in [0.15, 0.2) is 0 Å². The van der Waals surface area contributed by atoms with E-state index in [2.05, 4.69) is 5.32 Å². The quantitative estimate of drug-likeness (QED) is 0.549. The lowest BCUT2D eigenvalue weighted by molar-refractivity contribution is -0.121. The van der Waals surface area contributed by atoms with E-state index in [0.29, 0.717) is 19.4 Å². The van der Waals surface area contributed by atoms with Crippen LogP contribution in [0.5, 0.6) is 0 Å². The van der Waals surface area contributed by atoms with E-state index in [-0.39, 0.29) is 5.91 Å². The zero-order valence-electron chi connectivity index (χ0n) is 6.63. The summed E-state index contributed by atoms with van der Waals surface area (Å²) in [6.07, 6.45) is 1.16. The van der Waals surface area contributed by atoms with E-state index in [4.69, 9.17) is 11.0 Å². The topological polar surface area (TPSA) is 78.9 Å². The molecule has 0 aliphatic rings. The molecular weight excluding hydrogens is 142 g/mol. The van der Waals surface area contributed by atoms with Crippen LogP contribution in [0.25, 0.3) is 0 Å². The van der Waals surface area contributed by atoms with Crippen LogP contribution in [0.2, 0.25) is 0 Å². The van der Waals surface area contributed by atoms with Crippen LogP contribution in [0.4, 0.5) is 0 Å². The highest BCUT2D eigenvalue weighted by Crippen LogP contribution is 1.83. The molecule has 0 aromatic rings. The third-order valence-corrected chi connectivity index (χ3v) is 1.18. The Kier molecular flexibility index (Phi) is 5.13. The van der Waals surface area contributed by atoms with Crippen molar-refractivity contribution in [2.75, 3.05) is 6.54 Å². The zero-order chi connectivity index (χ0) is 8.69. The molecule has 0 aliphatic heterocycles. The first-order chi connectivity index (χ1) is 5.18. The molecule has 11 heavy (non-hydrogen) atoms. The number of rotatable bonds is 4. The van der Waals surface area contributed by atoms with Gasteiger partial charge in [-0.05, 0) is 13.3 Å². The number of carbonyl (C=O) groups excluding carboxylic acids is 1. The van der Waals surface area contributed by atoms with Crippen molar-refractivity contribution >= 4 is 5.91 Å². The normalized spacial score (nSPS) is 11.7. The van der Waals surface area contributed by atoms with Gasteiger partial charge in [0.05, 0.1) is 12.1 Å². The SMILES string of the molecule is C[C@@H](N)C(=O)NCCCC#N. The maximum absolute atomic E-state index is 10.8. The maximum Gasteiger partial charge on any atom is 0.236 e. The summed E-state index contributed by atoms with van der Waals surface area (Å²) < 4.78 is 0. The molecule has 0 aromatic carbocycles. The van der Waals surface area contributed by atoms with Crippen LogP contribution in [0, 0.1) is 11.3 Å². The molecule has 4 heteroatoms. The van der Waals surface area contributed by atoms with Gasteiger partial charge in [-0.1, -0.05) is 0 Å². The lowest BCUT2D eigenvalue weighted by Crippen LogP contribution is -2.38. The number of nitrogens with zero attached hydrogens (tertiary/aromatic N) is 1. The van der Waals surface area contributed by atoms with E-state index in [1.807, 2.05) is 6.07 Å². The van der Waals surface area contributed by atoms with Crippen LogP contribution < -0.4 is 11.1 Å². The van der Waals surface area contributed by atoms with Gasteiger partial charge in [0, 0.05) is 13.0 Å². The third-order valence-electron chi connectivity index (χ3n) is 1.18. The van der Waals surface area contributed by atoms with Gasteiger partial charge < -0.3 is 11.1 Å². The molecule has 0 rings (SSSR count). The second-order valence-electron chi connectivity index (χ2n) is 2.34. The minimum Gasteiger partial charge on any atom is -0.355 e. The Morgan fingerprint density at radius 2 is 2.45 bits per heavy atom. The van der Waals surface area contributed by atoms with Gasteiger partial charge in [-0.2, -0.15) is 5.26 Å². The van der Waals surface area contributed by atoms with Crippen LogP contribution in [-0.2, 0) is 4.79 Å². The van der Waals surface area contributed by atoms with Crippen molar-refractivity contribution in [3.8, 4) is 6.07 Å². The van der Waals surface area contributed by atoms with Crippen molar-refractivity contribution in [1.29, 1.82) is 5.26 Å². The minimum atomic E-state index is -0.461. The highest BCUT2D eigenvalue weighted by atomic mass is 16.2. The number of nitriles is 1.